The molecule has 122 valence electrons. The zero-order chi connectivity index (χ0) is 17.0. The van der Waals surface area contributed by atoms with Gasteiger partial charge in [-0.15, -0.1) is 0 Å². The van der Waals surface area contributed by atoms with E-state index < -0.39 is 17.8 Å². The summed E-state index contributed by atoms with van der Waals surface area (Å²) in [6, 6.07) is 9.87. The lowest BCUT2D eigenvalue weighted by Crippen LogP contribution is -2.29. The Morgan fingerprint density at radius 2 is 1.87 bits per heavy atom. The van der Waals surface area contributed by atoms with Crippen molar-refractivity contribution in [1.82, 2.24) is 5.32 Å². The fourth-order valence-electron chi connectivity index (χ4n) is 2.01. The molecule has 2 N–H and O–H groups in total. The minimum absolute atomic E-state index is 0.0526. The number of carbonyl (C=O) groups is 1. The van der Waals surface area contributed by atoms with Crippen LogP contribution in [0.1, 0.15) is 16.7 Å². The Bertz CT molecular complexity index is 717. The van der Waals surface area contributed by atoms with Gasteiger partial charge in [-0.05, 0) is 36.2 Å². The van der Waals surface area contributed by atoms with Crippen LogP contribution < -0.4 is 10.6 Å². The number of carbonyl (C=O) groups excluding carboxylic acids is 1. The van der Waals surface area contributed by atoms with E-state index in [1.165, 1.54) is 6.07 Å². The molecule has 0 spiro atoms. The third-order valence-corrected chi connectivity index (χ3v) is 3.47. The Morgan fingerprint density at radius 3 is 2.52 bits per heavy atom. The number of anilines is 1. The third-order valence-electron chi connectivity index (χ3n) is 3.24. The number of benzene rings is 2. The van der Waals surface area contributed by atoms with Crippen LogP contribution in [0.3, 0.4) is 0 Å². The van der Waals surface area contributed by atoms with Crippen LogP contribution in [0.2, 0.25) is 5.02 Å². The number of hydrogen-bond donors (Lipinski definition) is 2. The van der Waals surface area contributed by atoms with Gasteiger partial charge in [0.05, 0.1) is 11.3 Å². The molecule has 2 rings (SSSR count). The Hall–Kier alpha value is -2.21. The molecule has 0 fully saturated rings. The second-order valence-corrected chi connectivity index (χ2v) is 5.36. The molecular weight excluding hydrogens is 329 g/mol. The molecule has 7 heteroatoms. The molecule has 0 saturated carbocycles. The van der Waals surface area contributed by atoms with Gasteiger partial charge in [-0.1, -0.05) is 35.9 Å². The smallest absolute Gasteiger partial charge is 0.334 e. The third kappa shape index (κ3) is 4.63. The summed E-state index contributed by atoms with van der Waals surface area (Å²) in [4.78, 5) is 11.8. The lowest BCUT2D eigenvalue weighted by atomic mass is 10.1. The SMILES string of the molecule is Cc1ccccc1CNC(=O)Nc1ccc(Cl)cc1C(F)(F)F. The molecule has 0 bridgehead atoms. The van der Waals surface area contributed by atoms with Gasteiger partial charge >= 0.3 is 12.2 Å². The fraction of sp³-hybridized carbons (Fsp3) is 0.188. The first-order valence-electron chi connectivity index (χ1n) is 6.73. The summed E-state index contributed by atoms with van der Waals surface area (Å²) in [5, 5.41) is 4.68. The maximum Gasteiger partial charge on any atom is 0.418 e. The van der Waals surface area contributed by atoms with Crippen LogP contribution in [0, 0.1) is 6.92 Å². The van der Waals surface area contributed by atoms with Crippen molar-refractivity contribution >= 4 is 23.3 Å². The summed E-state index contributed by atoms with van der Waals surface area (Å²) in [7, 11) is 0. The van der Waals surface area contributed by atoms with Gasteiger partial charge in [0.25, 0.3) is 0 Å². The largest absolute Gasteiger partial charge is 0.418 e. The number of rotatable bonds is 3. The minimum Gasteiger partial charge on any atom is -0.334 e. The van der Waals surface area contributed by atoms with E-state index in [1.54, 1.807) is 0 Å². The number of amides is 2. The summed E-state index contributed by atoms with van der Waals surface area (Å²) in [5.74, 6) is 0. The topological polar surface area (TPSA) is 41.1 Å². The van der Waals surface area contributed by atoms with E-state index in [0.29, 0.717) is 0 Å². The van der Waals surface area contributed by atoms with E-state index in [4.69, 9.17) is 11.6 Å². The molecule has 2 aromatic carbocycles. The molecule has 2 amide bonds. The van der Waals surface area contributed by atoms with Gasteiger partial charge < -0.3 is 10.6 Å². The van der Waals surface area contributed by atoms with Gasteiger partial charge in [0.1, 0.15) is 0 Å². The normalized spacial score (nSPS) is 11.2. The van der Waals surface area contributed by atoms with E-state index in [2.05, 4.69) is 10.6 Å². The van der Waals surface area contributed by atoms with E-state index in [0.717, 1.165) is 23.3 Å². The molecule has 0 radical (unpaired) electrons. The molecule has 2 aromatic rings. The maximum atomic E-state index is 13.0. The lowest BCUT2D eigenvalue weighted by Gasteiger charge is -2.15. The van der Waals surface area contributed by atoms with E-state index in [-0.39, 0.29) is 17.3 Å². The number of alkyl halides is 3. The second kappa shape index (κ2) is 6.91. The Kier molecular flexibility index (Phi) is 5.15. The predicted octanol–water partition coefficient (Wildman–Crippen LogP) is 4.99. The molecule has 0 unspecified atom stereocenters. The van der Waals surface area contributed by atoms with Crippen molar-refractivity contribution in [2.24, 2.45) is 0 Å². The molecule has 23 heavy (non-hydrogen) atoms. The first-order chi connectivity index (χ1) is 10.8. The number of nitrogens with one attached hydrogen (secondary N) is 2. The van der Waals surface area contributed by atoms with Crippen LogP contribution >= 0.6 is 11.6 Å². The summed E-state index contributed by atoms with van der Waals surface area (Å²) >= 11 is 5.59. The minimum atomic E-state index is -4.61. The highest BCUT2D eigenvalue weighted by Crippen LogP contribution is 2.36. The zero-order valence-corrected chi connectivity index (χ0v) is 12.9. The molecule has 0 aliphatic rings. The number of halogens is 4. The Morgan fingerprint density at radius 1 is 1.17 bits per heavy atom. The highest BCUT2D eigenvalue weighted by molar-refractivity contribution is 6.30. The second-order valence-electron chi connectivity index (χ2n) is 4.92. The average molecular weight is 343 g/mol. The van der Waals surface area contributed by atoms with Crippen molar-refractivity contribution in [3.05, 3.63) is 64.2 Å². The van der Waals surface area contributed by atoms with Crippen LogP contribution in [0.5, 0.6) is 0 Å². The van der Waals surface area contributed by atoms with Gasteiger partial charge in [-0.2, -0.15) is 13.2 Å². The van der Waals surface area contributed by atoms with Gasteiger partial charge in [-0.25, -0.2) is 4.79 Å². The van der Waals surface area contributed by atoms with Crippen molar-refractivity contribution in [2.75, 3.05) is 5.32 Å². The lowest BCUT2D eigenvalue weighted by molar-refractivity contribution is -0.136. The highest BCUT2D eigenvalue weighted by atomic mass is 35.5. The van der Waals surface area contributed by atoms with Crippen LogP contribution in [0.4, 0.5) is 23.7 Å². The van der Waals surface area contributed by atoms with Gasteiger partial charge in [0.15, 0.2) is 0 Å². The summed E-state index contributed by atoms with van der Waals surface area (Å²) in [6.45, 7) is 2.10. The van der Waals surface area contributed by atoms with E-state index in [9.17, 15) is 18.0 Å². The van der Waals surface area contributed by atoms with Crippen molar-refractivity contribution in [2.45, 2.75) is 19.6 Å². The van der Waals surface area contributed by atoms with E-state index in [1.807, 2.05) is 31.2 Å². The molecule has 0 atom stereocenters. The average Bonchev–Trinajstić information content (AvgIpc) is 2.47. The number of urea groups is 1. The summed E-state index contributed by atoms with van der Waals surface area (Å²) < 4.78 is 38.9. The monoisotopic (exact) mass is 342 g/mol. The van der Waals surface area contributed by atoms with Gasteiger partial charge in [0, 0.05) is 11.6 Å². The summed E-state index contributed by atoms with van der Waals surface area (Å²) in [6.07, 6.45) is -4.61. The maximum absolute atomic E-state index is 13.0. The van der Waals surface area contributed by atoms with Gasteiger partial charge in [-0.3, -0.25) is 0 Å². The molecule has 0 saturated heterocycles. The zero-order valence-electron chi connectivity index (χ0n) is 12.2. The molecular formula is C16H14ClF3N2O. The first-order valence-corrected chi connectivity index (χ1v) is 7.11. The fourth-order valence-corrected chi connectivity index (χ4v) is 2.18. The summed E-state index contributed by atoms with van der Waals surface area (Å²) in [5.41, 5.74) is 0.533. The first kappa shape index (κ1) is 17.1. The van der Waals surface area contributed by atoms with Crippen LogP contribution in [0.25, 0.3) is 0 Å². The molecule has 0 heterocycles. The molecule has 0 aliphatic heterocycles. The quantitative estimate of drug-likeness (QED) is 0.810. The Labute approximate surface area is 136 Å². The van der Waals surface area contributed by atoms with Gasteiger partial charge in [0.2, 0.25) is 0 Å². The standard InChI is InChI=1S/C16H14ClF3N2O/c1-10-4-2-3-5-11(10)9-21-15(23)22-14-7-6-12(17)8-13(14)16(18,19)20/h2-8H,9H2,1H3,(H2,21,22,23). The van der Waals surface area contributed by atoms with Crippen molar-refractivity contribution in [1.29, 1.82) is 0 Å². The molecule has 0 aliphatic carbocycles. The van der Waals surface area contributed by atoms with Crippen LogP contribution in [0.15, 0.2) is 42.5 Å². The number of hydrogen-bond acceptors (Lipinski definition) is 1. The van der Waals surface area contributed by atoms with Crippen molar-refractivity contribution in [3.63, 3.8) is 0 Å². The van der Waals surface area contributed by atoms with E-state index >= 15 is 0 Å². The van der Waals surface area contributed by atoms with Crippen molar-refractivity contribution < 1.29 is 18.0 Å². The Balaban J connectivity index is 2.08. The number of aryl methyl sites for hydroxylation is 1. The highest BCUT2D eigenvalue weighted by Gasteiger charge is 2.34. The molecule has 3 nitrogen and oxygen atoms in total. The van der Waals surface area contributed by atoms with Crippen molar-refractivity contribution in [3.8, 4) is 0 Å². The van der Waals surface area contributed by atoms with Crippen LogP contribution in [-0.4, -0.2) is 6.03 Å². The molecule has 0 aromatic heterocycles. The van der Waals surface area contributed by atoms with Crippen LogP contribution in [-0.2, 0) is 12.7 Å². The predicted molar refractivity (Wildman–Crippen MR) is 83.5 cm³/mol.